The average molecular weight is 233 g/mol. The summed E-state index contributed by atoms with van der Waals surface area (Å²) in [5.74, 6) is -1.03. The number of hydrogen-bond donors (Lipinski definition) is 1. The van der Waals surface area contributed by atoms with Gasteiger partial charge in [-0.15, -0.1) is 5.10 Å². The van der Waals surface area contributed by atoms with Gasteiger partial charge in [0.2, 0.25) is 0 Å². The first-order valence-corrected chi connectivity index (χ1v) is 5.02. The third-order valence-electron chi connectivity index (χ3n) is 2.26. The standard InChI is InChI=1S/C11H11N3O3/c1-8(6-10(15)16)7-14-11(17)13-5-3-2-4-9(13)12-14/h2-6H,7H2,1H3,(H,15,16)/b8-6+. The van der Waals surface area contributed by atoms with Gasteiger partial charge in [-0.2, -0.15) is 0 Å². The molecular weight excluding hydrogens is 222 g/mol. The number of allylic oxidation sites excluding steroid dienone is 1. The van der Waals surface area contributed by atoms with Crippen LogP contribution < -0.4 is 5.69 Å². The van der Waals surface area contributed by atoms with Gasteiger partial charge in [0.25, 0.3) is 0 Å². The lowest BCUT2D eigenvalue weighted by atomic mass is 10.3. The topological polar surface area (TPSA) is 76.6 Å². The Balaban J connectivity index is 2.41. The van der Waals surface area contributed by atoms with E-state index < -0.39 is 5.97 Å². The van der Waals surface area contributed by atoms with Crippen LogP contribution in [0.25, 0.3) is 5.65 Å². The summed E-state index contributed by atoms with van der Waals surface area (Å²) in [5, 5.41) is 12.7. The Labute approximate surface area is 96.4 Å². The smallest absolute Gasteiger partial charge is 0.350 e. The van der Waals surface area contributed by atoms with E-state index in [1.807, 2.05) is 0 Å². The van der Waals surface area contributed by atoms with E-state index in [2.05, 4.69) is 5.10 Å². The molecule has 2 heterocycles. The van der Waals surface area contributed by atoms with Gasteiger partial charge in [-0.25, -0.2) is 14.3 Å². The maximum Gasteiger partial charge on any atom is 0.350 e. The number of aromatic nitrogens is 3. The van der Waals surface area contributed by atoms with Crippen LogP contribution in [0.5, 0.6) is 0 Å². The lowest BCUT2D eigenvalue weighted by Gasteiger charge is -1.97. The van der Waals surface area contributed by atoms with Crippen molar-refractivity contribution in [1.82, 2.24) is 14.2 Å². The van der Waals surface area contributed by atoms with Crippen LogP contribution in [0.15, 0.2) is 40.8 Å². The Morgan fingerprint density at radius 3 is 2.94 bits per heavy atom. The van der Waals surface area contributed by atoms with Crippen molar-refractivity contribution in [3.05, 3.63) is 46.5 Å². The summed E-state index contributed by atoms with van der Waals surface area (Å²) >= 11 is 0. The molecule has 0 spiro atoms. The van der Waals surface area contributed by atoms with Crippen LogP contribution in [0.3, 0.4) is 0 Å². The number of fused-ring (bicyclic) bond motifs is 1. The molecule has 0 aromatic carbocycles. The van der Waals surface area contributed by atoms with Gasteiger partial charge in [0.05, 0.1) is 6.54 Å². The van der Waals surface area contributed by atoms with Gasteiger partial charge in [0.15, 0.2) is 5.65 Å². The molecule has 0 bridgehead atoms. The van der Waals surface area contributed by atoms with Crippen LogP contribution in [0, 0.1) is 0 Å². The average Bonchev–Trinajstić information content (AvgIpc) is 2.55. The fourth-order valence-corrected chi connectivity index (χ4v) is 1.56. The summed E-state index contributed by atoms with van der Waals surface area (Å²) in [7, 11) is 0. The number of carbonyl (C=O) groups is 1. The molecule has 0 unspecified atom stereocenters. The second-order valence-electron chi connectivity index (χ2n) is 3.70. The van der Waals surface area contributed by atoms with E-state index in [4.69, 9.17) is 5.11 Å². The normalized spacial score (nSPS) is 11.9. The Bertz CT molecular complexity index is 651. The molecule has 0 atom stereocenters. The SMILES string of the molecule is C/C(=C\C(=O)O)Cn1nc2ccccn2c1=O. The van der Waals surface area contributed by atoms with Gasteiger partial charge in [-0.3, -0.25) is 4.40 Å². The van der Waals surface area contributed by atoms with Crippen LogP contribution in [-0.4, -0.2) is 25.3 Å². The number of pyridine rings is 1. The molecule has 6 nitrogen and oxygen atoms in total. The van der Waals surface area contributed by atoms with E-state index in [0.29, 0.717) is 11.2 Å². The molecule has 0 fully saturated rings. The Morgan fingerprint density at radius 1 is 1.53 bits per heavy atom. The van der Waals surface area contributed by atoms with Crippen molar-refractivity contribution in [2.75, 3.05) is 0 Å². The number of hydrogen-bond acceptors (Lipinski definition) is 3. The molecule has 0 radical (unpaired) electrons. The van der Waals surface area contributed by atoms with Crippen LogP contribution >= 0.6 is 0 Å². The molecule has 0 saturated carbocycles. The molecule has 17 heavy (non-hydrogen) atoms. The minimum Gasteiger partial charge on any atom is -0.478 e. The van der Waals surface area contributed by atoms with E-state index in [-0.39, 0.29) is 12.2 Å². The number of nitrogens with zero attached hydrogens (tertiary/aromatic N) is 3. The largest absolute Gasteiger partial charge is 0.478 e. The highest BCUT2D eigenvalue weighted by atomic mass is 16.4. The van der Waals surface area contributed by atoms with Gasteiger partial charge in [0.1, 0.15) is 0 Å². The molecule has 2 aromatic heterocycles. The third-order valence-corrected chi connectivity index (χ3v) is 2.26. The first-order chi connectivity index (χ1) is 8.08. The van der Waals surface area contributed by atoms with Crippen molar-refractivity contribution in [2.45, 2.75) is 13.5 Å². The monoisotopic (exact) mass is 233 g/mol. The molecule has 0 amide bonds. The number of rotatable bonds is 3. The van der Waals surface area contributed by atoms with Gasteiger partial charge in [0, 0.05) is 12.3 Å². The summed E-state index contributed by atoms with van der Waals surface area (Å²) < 4.78 is 2.65. The quantitative estimate of drug-likeness (QED) is 0.784. The minimum absolute atomic E-state index is 0.173. The van der Waals surface area contributed by atoms with E-state index in [9.17, 15) is 9.59 Å². The van der Waals surface area contributed by atoms with Crippen molar-refractivity contribution >= 4 is 11.6 Å². The second-order valence-corrected chi connectivity index (χ2v) is 3.70. The molecule has 1 N–H and O–H groups in total. The summed E-state index contributed by atoms with van der Waals surface area (Å²) in [6.45, 7) is 1.82. The summed E-state index contributed by atoms with van der Waals surface area (Å²) in [6, 6.07) is 5.24. The lowest BCUT2D eigenvalue weighted by molar-refractivity contribution is -0.131. The molecule has 0 saturated heterocycles. The maximum absolute atomic E-state index is 11.8. The van der Waals surface area contributed by atoms with Crippen molar-refractivity contribution in [1.29, 1.82) is 0 Å². The van der Waals surface area contributed by atoms with Crippen LogP contribution in [0.2, 0.25) is 0 Å². The highest BCUT2D eigenvalue weighted by Gasteiger charge is 2.06. The Kier molecular flexibility index (Phi) is 2.78. The molecule has 88 valence electrons. The zero-order chi connectivity index (χ0) is 12.4. The first-order valence-electron chi connectivity index (χ1n) is 5.02. The summed E-state index contributed by atoms with van der Waals surface area (Å²) in [5.41, 5.74) is 0.822. The zero-order valence-corrected chi connectivity index (χ0v) is 9.20. The maximum atomic E-state index is 11.8. The molecule has 0 aliphatic heterocycles. The van der Waals surface area contributed by atoms with E-state index in [1.54, 1.807) is 31.3 Å². The van der Waals surface area contributed by atoms with Crippen molar-refractivity contribution in [3.8, 4) is 0 Å². The van der Waals surface area contributed by atoms with Crippen molar-refractivity contribution < 1.29 is 9.90 Å². The predicted molar refractivity (Wildman–Crippen MR) is 60.8 cm³/mol. The van der Waals surface area contributed by atoms with Crippen molar-refractivity contribution in [2.24, 2.45) is 0 Å². The fourth-order valence-electron chi connectivity index (χ4n) is 1.56. The molecule has 2 rings (SSSR count). The van der Waals surface area contributed by atoms with Gasteiger partial charge >= 0.3 is 11.7 Å². The zero-order valence-electron chi connectivity index (χ0n) is 9.20. The van der Waals surface area contributed by atoms with E-state index >= 15 is 0 Å². The third kappa shape index (κ3) is 2.25. The van der Waals surface area contributed by atoms with Crippen LogP contribution in [0.4, 0.5) is 0 Å². The molecule has 0 aliphatic carbocycles. The fraction of sp³-hybridized carbons (Fsp3) is 0.182. The highest BCUT2D eigenvalue weighted by molar-refractivity contribution is 5.80. The number of carboxylic acids is 1. The predicted octanol–water partition coefficient (Wildman–Crippen LogP) is 0.527. The van der Waals surface area contributed by atoms with Crippen LogP contribution in [-0.2, 0) is 11.3 Å². The molecular formula is C11H11N3O3. The number of aliphatic carboxylic acids is 1. The lowest BCUT2D eigenvalue weighted by Crippen LogP contribution is -2.21. The van der Waals surface area contributed by atoms with E-state index in [1.165, 1.54) is 9.08 Å². The summed E-state index contributed by atoms with van der Waals surface area (Å²) in [6.07, 6.45) is 2.69. The van der Waals surface area contributed by atoms with Gasteiger partial charge < -0.3 is 5.11 Å². The van der Waals surface area contributed by atoms with Gasteiger partial charge in [-0.1, -0.05) is 6.07 Å². The molecule has 2 aromatic rings. The van der Waals surface area contributed by atoms with Gasteiger partial charge in [-0.05, 0) is 24.6 Å². The Morgan fingerprint density at radius 2 is 2.29 bits per heavy atom. The van der Waals surface area contributed by atoms with Crippen LogP contribution in [0.1, 0.15) is 6.92 Å². The molecule has 0 aliphatic rings. The summed E-state index contributed by atoms with van der Waals surface area (Å²) in [4.78, 5) is 22.3. The highest BCUT2D eigenvalue weighted by Crippen LogP contribution is 1.99. The molecule has 6 heteroatoms. The first kappa shape index (κ1) is 11.1. The minimum atomic E-state index is -1.03. The number of carboxylic acid groups (broad SMARTS) is 1. The Hall–Kier alpha value is -2.37. The van der Waals surface area contributed by atoms with E-state index in [0.717, 1.165) is 6.08 Å². The second kappa shape index (κ2) is 4.25. The van der Waals surface area contributed by atoms with Crippen molar-refractivity contribution in [3.63, 3.8) is 0 Å².